The number of carboxylic acid groups (broad SMARTS) is 1. The summed E-state index contributed by atoms with van der Waals surface area (Å²) in [5.41, 5.74) is 0.739. The van der Waals surface area contributed by atoms with Gasteiger partial charge in [0, 0.05) is 0 Å². The molecule has 2 aromatic rings. The number of nitrogens with one attached hydrogen (secondary N) is 2. The number of hydrogen-bond donors (Lipinski definition) is 3. The van der Waals surface area contributed by atoms with Crippen molar-refractivity contribution >= 4 is 16.0 Å². The first-order valence-corrected chi connectivity index (χ1v) is 6.97. The summed E-state index contributed by atoms with van der Waals surface area (Å²) >= 11 is 0. The van der Waals surface area contributed by atoms with Crippen molar-refractivity contribution in [1.29, 1.82) is 0 Å². The van der Waals surface area contributed by atoms with Crippen LogP contribution in [0.2, 0.25) is 0 Å². The first-order chi connectivity index (χ1) is 9.38. The Morgan fingerprint density at radius 1 is 1.55 bits per heavy atom. The zero-order chi connectivity index (χ0) is 14.8. The van der Waals surface area contributed by atoms with Crippen LogP contribution in [-0.2, 0) is 27.9 Å². The van der Waals surface area contributed by atoms with Crippen LogP contribution >= 0.6 is 0 Å². The molecule has 2 rings (SSSR count). The summed E-state index contributed by atoms with van der Waals surface area (Å²) in [6.45, 7) is 1.16. The molecule has 11 heteroatoms. The number of rotatable bonds is 6. The van der Waals surface area contributed by atoms with Gasteiger partial charge < -0.3 is 5.11 Å². The number of aryl methyl sites for hydroxylation is 1. The molecule has 3 N–H and O–H groups in total. The minimum absolute atomic E-state index is 0.0513. The number of sulfonamides is 1. The molecule has 0 saturated carbocycles. The fraction of sp³-hybridized carbons (Fsp3) is 0.333. The summed E-state index contributed by atoms with van der Waals surface area (Å²) in [7, 11) is -3.70. The van der Waals surface area contributed by atoms with E-state index in [-0.39, 0.29) is 18.0 Å². The second-order valence-electron chi connectivity index (χ2n) is 3.99. The van der Waals surface area contributed by atoms with E-state index in [4.69, 9.17) is 5.11 Å². The average Bonchev–Trinajstić information content (AvgIpc) is 2.95. The molecule has 108 valence electrons. The monoisotopic (exact) mass is 300 g/mol. The van der Waals surface area contributed by atoms with Crippen molar-refractivity contribution in [2.45, 2.75) is 24.9 Å². The molecular weight excluding hydrogens is 288 g/mol. The molecule has 0 saturated heterocycles. The molecule has 0 aromatic carbocycles. The van der Waals surface area contributed by atoms with Crippen LogP contribution in [0.4, 0.5) is 0 Å². The molecule has 0 fully saturated rings. The molecule has 0 bridgehead atoms. The molecule has 0 atom stereocenters. The molecule has 0 aliphatic carbocycles. The van der Waals surface area contributed by atoms with Gasteiger partial charge >= 0.3 is 5.97 Å². The minimum atomic E-state index is -3.70. The number of carbonyl (C=O) groups is 1. The van der Waals surface area contributed by atoms with E-state index in [0.717, 1.165) is 4.68 Å². The van der Waals surface area contributed by atoms with Gasteiger partial charge in [-0.25, -0.2) is 17.8 Å². The summed E-state index contributed by atoms with van der Waals surface area (Å²) in [5.74, 6) is -1.06. The highest BCUT2D eigenvalue weighted by Gasteiger charge is 2.18. The predicted molar refractivity (Wildman–Crippen MR) is 65.0 cm³/mol. The maximum atomic E-state index is 12.0. The first kappa shape index (κ1) is 14.1. The molecule has 0 aliphatic heterocycles. The second kappa shape index (κ2) is 5.38. The Morgan fingerprint density at radius 3 is 2.90 bits per heavy atom. The van der Waals surface area contributed by atoms with Gasteiger partial charge in [-0.15, -0.1) is 5.10 Å². The van der Waals surface area contributed by atoms with E-state index in [9.17, 15) is 13.2 Å². The lowest BCUT2D eigenvalue weighted by molar-refractivity contribution is -0.137. The average molecular weight is 300 g/mol. The van der Waals surface area contributed by atoms with Gasteiger partial charge in [0.2, 0.25) is 10.0 Å². The second-order valence-corrected chi connectivity index (χ2v) is 5.72. The van der Waals surface area contributed by atoms with Crippen LogP contribution in [0.25, 0.3) is 0 Å². The molecule has 0 unspecified atom stereocenters. The number of aliphatic carboxylic acids is 1. The summed E-state index contributed by atoms with van der Waals surface area (Å²) in [6, 6.07) is 0. The van der Waals surface area contributed by atoms with E-state index < -0.39 is 16.0 Å². The van der Waals surface area contributed by atoms with Crippen LogP contribution in [0.3, 0.4) is 0 Å². The lowest BCUT2D eigenvalue weighted by Gasteiger charge is -2.03. The Balaban J connectivity index is 2.03. The predicted octanol–water partition coefficient (Wildman–Crippen LogP) is -1.13. The van der Waals surface area contributed by atoms with Crippen LogP contribution in [0.15, 0.2) is 17.3 Å². The van der Waals surface area contributed by atoms with E-state index in [1.807, 2.05) is 0 Å². The topological polar surface area (TPSA) is 143 Å². The molecule has 2 heterocycles. The highest BCUT2D eigenvalue weighted by molar-refractivity contribution is 7.89. The standard InChI is InChI=1S/C9H12N6O4S/c1-6-8(3-10-12-6)20(18,19)11-2-7-4-15(14-13-7)5-9(16)17/h3-4,11H,2,5H2,1H3,(H,10,12)(H,16,17). The van der Waals surface area contributed by atoms with Gasteiger partial charge in [-0.05, 0) is 6.92 Å². The maximum Gasteiger partial charge on any atom is 0.325 e. The third kappa shape index (κ3) is 3.19. The van der Waals surface area contributed by atoms with Gasteiger partial charge in [0.15, 0.2) is 0 Å². The zero-order valence-electron chi connectivity index (χ0n) is 10.4. The number of hydrogen-bond acceptors (Lipinski definition) is 6. The molecule has 2 aromatic heterocycles. The fourth-order valence-corrected chi connectivity index (χ4v) is 2.63. The van der Waals surface area contributed by atoms with Crippen LogP contribution in [-0.4, -0.2) is 44.7 Å². The normalized spacial score (nSPS) is 11.7. The molecule has 20 heavy (non-hydrogen) atoms. The molecule has 0 aliphatic rings. The number of carboxylic acids is 1. The Hall–Kier alpha value is -2.27. The van der Waals surface area contributed by atoms with Crippen molar-refractivity contribution < 1.29 is 18.3 Å². The van der Waals surface area contributed by atoms with Gasteiger partial charge in [0.05, 0.1) is 30.3 Å². The smallest absolute Gasteiger partial charge is 0.325 e. The number of H-pyrrole nitrogens is 1. The Bertz CT molecular complexity index is 718. The van der Waals surface area contributed by atoms with Gasteiger partial charge in [-0.2, -0.15) is 5.10 Å². The van der Waals surface area contributed by atoms with E-state index in [2.05, 4.69) is 25.2 Å². The van der Waals surface area contributed by atoms with Gasteiger partial charge in [0.1, 0.15) is 11.4 Å². The largest absolute Gasteiger partial charge is 0.480 e. The number of nitrogens with zero attached hydrogens (tertiary/aromatic N) is 4. The minimum Gasteiger partial charge on any atom is -0.480 e. The summed E-state index contributed by atoms with van der Waals surface area (Å²) in [4.78, 5) is 10.5. The zero-order valence-corrected chi connectivity index (χ0v) is 11.3. The van der Waals surface area contributed by atoms with E-state index in [1.165, 1.54) is 12.4 Å². The Labute approximate surface area is 113 Å². The molecule has 10 nitrogen and oxygen atoms in total. The third-order valence-corrected chi connectivity index (χ3v) is 3.91. The molecule has 0 radical (unpaired) electrons. The molecule has 0 amide bonds. The summed E-state index contributed by atoms with van der Waals surface area (Å²) in [6.07, 6.45) is 2.57. The van der Waals surface area contributed by atoms with Crippen LogP contribution < -0.4 is 4.72 Å². The van der Waals surface area contributed by atoms with E-state index >= 15 is 0 Å². The van der Waals surface area contributed by atoms with Crippen LogP contribution in [0, 0.1) is 6.92 Å². The summed E-state index contributed by atoms with van der Waals surface area (Å²) in [5, 5.41) is 22.0. The molecular formula is C9H12N6O4S. The van der Waals surface area contributed by atoms with Crippen molar-refractivity contribution in [3.05, 3.63) is 23.8 Å². The Morgan fingerprint density at radius 2 is 2.30 bits per heavy atom. The van der Waals surface area contributed by atoms with Crippen molar-refractivity contribution in [3.8, 4) is 0 Å². The first-order valence-electron chi connectivity index (χ1n) is 5.49. The third-order valence-electron chi connectivity index (χ3n) is 2.40. The lowest BCUT2D eigenvalue weighted by atomic mass is 10.5. The molecule has 0 spiro atoms. The van der Waals surface area contributed by atoms with Crippen molar-refractivity contribution in [3.63, 3.8) is 0 Å². The van der Waals surface area contributed by atoms with Crippen molar-refractivity contribution in [2.75, 3.05) is 0 Å². The highest BCUT2D eigenvalue weighted by atomic mass is 32.2. The van der Waals surface area contributed by atoms with Crippen LogP contribution in [0.1, 0.15) is 11.4 Å². The number of aromatic amines is 1. The van der Waals surface area contributed by atoms with Crippen molar-refractivity contribution in [2.24, 2.45) is 0 Å². The summed E-state index contributed by atoms with van der Waals surface area (Å²) < 4.78 is 27.3. The quantitative estimate of drug-likeness (QED) is 0.612. The van der Waals surface area contributed by atoms with Gasteiger partial charge in [-0.3, -0.25) is 9.89 Å². The van der Waals surface area contributed by atoms with E-state index in [0.29, 0.717) is 11.4 Å². The highest BCUT2D eigenvalue weighted by Crippen LogP contribution is 2.11. The van der Waals surface area contributed by atoms with Crippen molar-refractivity contribution in [1.82, 2.24) is 29.9 Å². The SMILES string of the molecule is Cc1[nH]ncc1S(=O)(=O)NCc1cn(CC(=O)O)nn1. The fourth-order valence-electron chi connectivity index (χ4n) is 1.49. The lowest BCUT2D eigenvalue weighted by Crippen LogP contribution is -2.23. The van der Waals surface area contributed by atoms with Gasteiger partial charge in [-0.1, -0.05) is 5.21 Å². The Kier molecular flexibility index (Phi) is 3.81. The number of aromatic nitrogens is 5. The van der Waals surface area contributed by atoms with E-state index in [1.54, 1.807) is 6.92 Å². The van der Waals surface area contributed by atoms with Crippen LogP contribution in [0.5, 0.6) is 0 Å². The maximum absolute atomic E-state index is 12.0. The van der Waals surface area contributed by atoms with Gasteiger partial charge in [0.25, 0.3) is 0 Å².